The zero-order chi connectivity index (χ0) is 24.6. The van der Waals surface area contributed by atoms with Crippen LogP contribution in [0, 0.1) is 56.7 Å². The number of fused-ring (bicyclic) bond motifs is 5. The molecule has 3 saturated carbocycles. The van der Waals surface area contributed by atoms with E-state index in [4.69, 9.17) is 0 Å². The van der Waals surface area contributed by atoms with Gasteiger partial charge in [-0.1, -0.05) is 81.2 Å². The first kappa shape index (κ1) is 25.5. The van der Waals surface area contributed by atoms with E-state index < -0.39 is 0 Å². The second-order valence-corrected chi connectivity index (χ2v) is 15.5. The van der Waals surface area contributed by atoms with Crippen LogP contribution in [0.5, 0.6) is 0 Å². The summed E-state index contributed by atoms with van der Waals surface area (Å²) < 4.78 is 0. The Hall–Kier alpha value is -0.590. The maximum absolute atomic E-state index is 13.8. The molecule has 1 heteroatoms. The topological polar surface area (TPSA) is 17.1 Å². The van der Waals surface area contributed by atoms with Gasteiger partial charge in [-0.3, -0.25) is 4.79 Å². The van der Waals surface area contributed by atoms with Gasteiger partial charge in [0.2, 0.25) is 0 Å². The molecule has 1 unspecified atom stereocenters. The number of carbonyl (C=O) groups excluding carboxylic acids is 1. The molecule has 0 N–H and O–H groups in total. The molecule has 0 aromatic carbocycles. The third-order valence-electron chi connectivity index (χ3n) is 12.7. The number of hydrogen-bond acceptors (Lipinski definition) is 1. The molecule has 4 aliphatic carbocycles. The predicted molar refractivity (Wildman–Crippen MR) is 141 cm³/mol. The average Bonchev–Trinajstić information content (AvgIpc) is 2.99. The highest BCUT2D eigenvalue weighted by Gasteiger charge is 2.67. The molecule has 1 nitrogen and oxygen atoms in total. The van der Waals surface area contributed by atoms with E-state index in [0.717, 1.165) is 24.2 Å². The van der Waals surface area contributed by atoms with E-state index in [-0.39, 0.29) is 16.2 Å². The molecular weight excluding hydrogens is 400 g/mol. The fourth-order valence-electron chi connectivity index (χ4n) is 9.56. The molecule has 0 bridgehead atoms. The minimum atomic E-state index is -0.157. The molecule has 0 radical (unpaired) electrons. The molecule has 0 spiro atoms. The summed E-state index contributed by atoms with van der Waals surface area (Å²) in [5, 5.41) is 0. The van der Waals surface area contributed by atoms with E-state index in [1.165, 1.54) is 51.4 Å². The van der Waals surface area contributed by atoms with Crippen LogP contribution in [0.25, 0.3) is 0 Å². The maximum atomic E-state index is 13.8. The van der Waals surface area contributed by atoms with Crippen LogP contribution in [0.1, 0.15) is 127 Å². The zero-order valence-corrected chi connectivity index (χ0v) is 23.7. The van der Waals surface area contributed by atoms with Gasteiger partial charge in [0.1, 0.15) is 0 Å². The molecule has 4 rings (SSSR count). The fourth-order valence-corrected chi connectivity index (χ4v) is 9.56. The van der Waals surface area contributed by atoms with Gasteiger partial charge < -0.3 is 0 Å². The van der Waals surface area contributed by atoms with Gasteiger partial charge in [0.15, 0.2) is 5.78 Å². The van der Waals surface area contributed by atoms with Gasteiger partial charge in [-0.15, -0.1) is 0 Å². The Balaban J connectivity index is 1.65. The second-order valence-electron chi connectivity index (χ2n) is 15.5. The van der Waals surface area contributed by atoms with Gasteiger partial charge >= 0.3 is 0 Å². The van der Waals surface area contributed by atoms with E-state index in [9.17, 15) is 4.79 Å². The van der Waals surface area contributed by atoms with Crippen LogP contribution in [0.3, 0.4) is 0 Å². The monoisotopic (exact) mass is 454 g/mol. The van der Waals surface area contributed by atoms with Crippen LogP contribution in [0.15, 0.2) is 11.6 Å². The lowest BCUT2D eigenvalue weighted by Crippen LogP contribution is -2.59. The lowest BCUT2D eigenvalue weighted by atomic mass is 9.39. The van der Waals surface area contributed by atoms with Crippen LogP contribution in [-0.4, -0.2) is 5.78 Å². The smallest absolute Gasteiger partial charge is 0.162 e. The van der Waals surface area contributed by atoms with Crippen molar-refractivity contribution in [1.82, 2.24) is 0 Å². The van der Waals surface area contributed by atoms with Gasteiger partial charge in [0.05, 0.1) is 0 Å². The minimum absolute atomic E-state index is 0.148. The Morgan fingerprint density at radius 2 is 1.58 bits per heavy atom. The van der Waals surface area contributed by atoms with Crippen molar-refractivity contribution in [3.05, 3.63) is 11.6 Å². The van der Waals surface area contributed by atoms with Crippen LogP contribution in [0.4, 0.5) is 0 Å². The molecule has 0 aromatic heterocycles. The number of ketones is 1. The van der Waals surface area contributed by atoms with E-state index >= 15 is 0 Å². The van der Waals surface area contributed by atoms with Crippen molar-refractivity contribution in [1.29, 1.82) is 0 Å². The highest BCUT2D eigenvalue weighted by Crippen LogP contribution is 2.74. The van der Waals surface area contributed by atoms with Crippen molar-refractivity contribution in [2.75, 3.05) is 0 Å². The van der Waals surface area contributed by atoms with Crippen LogP contribution >= 0.6 is 0 Å². The zero-order valence-electron chi connectivity index (χ0n) is 23.7. The standard InChI is InChI=1S/C32H54O/c1-21-11-16-30(8)25-14-18-29(7)24(23(3)22(2)12-15-28(4,5)6)13-17-31(29,9)26(25)19-27(33)32(30,10)20-21/h19,21-25H,11-18,20H2,1-10H3/t21-,22+,23+,24+,25?,29+,30+,31-,32+/m0/s1. The number of rotatable bonds is 4. The van der Waals surface area contributed by atoms with Gasteiger partial charge in [-0.05, 0) is 109 Å². The average molecular weight is 455 g/mol. The number of hydrogen-bond donors (Lipinski definition) is 0. The summed E-state index contributed by atoms with van der Waals surface area (Å²) in [4.78, 5) is 13.8. The summed E-state index contributed by atoms with van der Waals surface area (Å²) in [6.07, 6.45) is 13.8. The molecule has 0 amide bonds. The minimum Gasteiger partial charge on any atom is -0.294 e. The molecule has 188 valence electrons. The van der Waals surface area contributed by atoms with Crippen LogP contribution < -0.4 is 0 Å². The predicted octanol–water partition coefficient (Wildman–Crippen LogP) is 9.26. The van der Waals surface area contributed by atoms with Gasteiger partial charge in [0.25, 0.3) is 0 Å². The van der Waals surface area contributed by atoms with E-state index in [1.807, 2.05) is 0 Å². The highest BCUT2D eigenvalue weighted by atomic mass is 16.1. The van der Waals surface area contributed by atoms with E-state index in [2.05, 4.69) is 75.3 Å². The molecule has 0 aromatic rings. The van der Waals surface area contributed by atoms with Gasteiger partial charge in [0, 0.05) is 5.41 Å². The van der Waals surface area contributed by atoms with Crippen molar-refractivity contribution in [3.63, 3.8) is 0 Å². The van der Waals surface area contributed by atoms with Gasteiger partial charge in [-0.25, -0.2) is 0 Å². The molecule has 0 aliphatic heterocycles. The number of allylic oxidation sites excluding steroid dienone is 2. The Kier molecular flexibility index (Phi) is 6.15. The largest absolute Gasteiger partial charge is 0.294 e. The summed E-state index contributed by atoms with van der Waals surface area (Å²) in [5.74, 6) is 4.06. The molecule has 0 heterocycles. The first-order valence-electron chi connectivity index (χ1n) is 14.4. The lowest BCUT2D eigenvalue weighted by Gasteiger charge is -2.64. The lowest BCUT2D eigenvalue weighted by molar-refractivity contribution is -0.147. The Morgan fingerprint density at radius 1 is 0.939 bits per heavy atom. The fraction of sp³-hybridized carbons (Fsp3) is 0.906. The highest BCUT2D eigenvalue weighted by molar-refractivity contribution is 5.97. The maximum Gasteiger partial charge on any atom is 0.162 e. The summed E-state index contributed by atoms with van der Waals surface area (Å²) in [6, 6.07) is 0. The first-order valence-corrected chi connectivity index (χ1v) is 14.4. The van der Waals surface area contributed by atoms with Crippen molar-refractivity contribution in [2.45, 2.75) is 127 Å². The normalized spacial score (nSPS) is 47.3. The Labute approximate surface area is 206 Å². The third kappa shape index (κ3) is 3.64. The Morgan fingerprint density at radius 3 is 2.21 bits per heavy atom. The van der Waals surface area contributed by atoms with E-state index in [0.29, 0.717) is 28.4 Å². The SMILES string of the molecule is C[C@H]1CC[C@]2(C)C3CC[C@]4(C)[C@@H]([C@H](C)[C@H](C)CCC(C)(C)C)CC[C@@]4(C)C3=CC(=O)[C@@]2(C)C1. The van der Waals surface area contributed by atoms with Crippen molar-refractivity contribution >= 4 is 5.78 Å². The Bertz CT molecular complexity index is 815. The summed E-state index contributed by atoms with van der Waals surface area (Å²) >= 11 is 0. The third-order valence-corrected chi connectivity index (χ3v) is 12.7. The van der Waals surface area contributed by atoms with Crippen molar-refractivity contribution in [2.24, 2.45) is 56.7 Å². The summed E-state index contributed by atoms with van der Waals surface area (Å²) in [6.45, 7) is 24.6. The first-order chi connectivity index (χ1) is 15.1. The molecular formula is C32H54O. The van der Waals surface area contributed by atoms with E-state index in [1.54, 1.807) is 5.57 Å². The summed E-state index contributed by atoms with van der Waals surface area (Å²) in [7, 11) is 0. The van der Waals surface area contributed by atoms with Gasteiger partial charge in [-0.2, -0.15) is 0 Å². The quantitative estimate of drug-likeness (QED) is 0.413. The molecule has 0 saturated heterocycles. The summed E-state index contributed by atoms with van der Waals surface area (Å²) in [5.41, 5.74) is 2.52. The van der Waals surface area contributed by atoms with Crippen molar-refractivity contribution in [3.8, 4) is 0 Å². The molecule has 4 aliphatic rings. The molecule has 9 atom stereocenters. The van der Waals surface area contributed by atoms with Crippen molar-refractivity contribution < 1.29 is 4.79 Å². The molecule has 3 fully saturated rings. The molecule has 33 heavy (non-hydrogen) atoms. The van der Waals surface area contributed by atoms with Crippen LogP contribution in [-0.2, 0) is 4.79 Å². The number of carbonyl (C=O) groups is 1. The van der Waals surface area contributed by atoms with Crippen LogP contribution in [0.2, 0.25) is 0 Å². The second kappa shape index (κ2) is 7.96.